The van der Waals surface area contributed by atoms with Gasteiger partial charge in [-0.3, -0.25) is 19.8 Å². The van der Waals surface area contributed by atoms with Gasteiger partial charge in [0.2, 0.25) is 0 Å². The van der Waals surface area contributed by atoms with Crippen LogP contribution in [0.4, 0.5) is 11.4 Å². The van der Waals surface area contributed by atoms with Gasteiger partial charge in [-0.25, -0.2) is 0 Å². The molecule has 9 nitrogen and oxygen atoms in total. The molecule has 5 rings (SSSR count). The lowest BCUT2D eigenvalue weighted by molar-refractivity contribution is -0.384. The molecule has 9 heteroatoms. The van der Waals surface area contributed by atoms with E-state index in [1.54, 1.807) is 30.2 Å². The number of amides is 1. The van der Waals surface area contributed by atoms with Crippen LogP contribution in [-0.4, -0.2) is 53.9 Å². The second kappa shape index (κ2) is 12.5. The lowest BCUT2D eigenvalue weighted by Gasteiger charge is -2.35. The predicted octanol–water partition coefficient (Wildman–Crippen LogP) is 5.36. The van der Waals surface area contributed by atoms with E-state index in [-0.39, 0.29) is 11.6 Å². The zero-order valence-electron chi connectivity index (χ0n) is 22.4. The van der Waals surface area contributed by atoms with Crippen molar-refractivity contribution in [2.45, 2.75) is 19.6 Å². The number of ether oxygens (including phenoxy) is 1. The van der Waals surface area contributed by atoms with E-state index in [0.29, 0.717) is 45.0 Å². The fraction of sp³-hybridized carbons (Fsp3) is 0.258. The van der Waals surface area contributed by atoms with E-state index in [1.807, 2.05) is 36.4 Å². The van der Waals surface area contributed by atoms with Gasteiger partial charge >= 0.3 is 0 Å². The molecule has 1 fully saturated rings. The number of nitrogens with zero attached hydrogens (tertiary/aromatic N) is 4. The number of piperazine rings is 1. The van der Waals surface area contributed by atoms with Crippen molar-refractivity contribution in [3.8, 4) is 5.75 Å². The number of methoxy groups -OCH3 is 1. The molecule has 3 aromatic carbocycles. The summed E-state index contributed by atoms with van der Waals surface area (Å²) < 4.78 is 11.3. The first kappa shape index (κ1) is 27.0. The second-order valence-electron chi connectivity index (χ2n) is 9.80. The van der Waals surface area contributed by atoms with E-state index in [1.165, 1.54) is 17.7 Å². The average molecular weight is 541 g/mol. The summed E-state index contributed by atoms with van der Waals surface area (Å²) in [5.74, 6) is 1.76. The highest BCUT2D eigenvalue weighted by molar-refractivity contribution is 5.91. The minimum absolute atomic E-state index is 0.0671. The molecule has 0 N–H and O–H groups in total. The van der Waals surface area contributed by atoms with Crippen molar-refractivity contribution in [2.75, 3.05) is 38.2 Å². The monoisotopic (exact) mass is 540 g/mol. The van der Waals surface area contributed by atoms with Crippen LogP contribution in [-0.2, 0) is 19.6 Å². The van der Waals surface area contributed by atoms with Gasteiger partial charge in [0.05, 0.1) is 18.6 Å². The Morgan fingerprint density at radius 3 is 2.12 bits per heavy atom. The van der Waals surface area contributed by atoms with Crippen LogP contribution >= 0.6 is 0 Å². The normalized spacial score (nSPS) is 13.4. The van der Waals surface area contributed by atoms with E-state index >= 15 is 0 Å². The molecule has 0 radical (unpaired) electrons. The Balaban J connectivity index is 1.21. The van der Waals surface area contributed by atoms with Gasteiger partial charge in [0, 0.05) is 57.1 Å². The zero-order chi connectivity index (χ0) is 27.9. The summed E-state index contributed by atoms with van der Waals surface area (Å²) in [5, 5.41) is 10.9. The first-order valence-corrected chi connectivity index (χ1v) is 13.2. The highest BCUT2D eigenvalue weighted by Gasteiger charge is 2.25. The maximum Gasteiger partial charge on any atom is 0.289 e. The number of hydrogen-bond donors (Lipinski definition) is 0. The van der Waals surface area contributed by atoms with Gasteiger partial charge in [-0.05, 0) is 47.5 Å². The van der Waals surface area contributed by atoms with Gasteiger partial charge in [-0.15, -0.1) is 0 Å². The first-order chi connectivity index (χ1) is 19.5. The first-order valence-electron chi connectivity index (χ1n) is 13.2. The smallest absolute Gasteiger partial charge is 0.289 e. The van der Waals surface area contributed by atoms with Crippen molar-refractivity contribution in [1.29, 1.82) is 0 Å². The van der Waals surface area contributed by atoms with Gasteiger partial charge in [0.15, 0.2) is 5.76 Å². The molecule has 0 saturated carbocycles. The summed E-state index contributed by atoms with van der Waals surface area (Å²) in [7, 11) is 1.66. The molecule has 0 bridgehead atoms. The Labute approximate surface area is 233 Å². The Bertz CT molecular complexity index is 1410. The van der Waals surface area contributed by atoms with Gasteiger partial charge in [-0.1, -0.05) is 42.5 Å². The van der Waals surface area contributed by atoms with Crippen molar-refractivity contribution in [2.24, 2.45) is 0 Å². The third-order valence-corrected chi connectivity index (χ3v) is 7.06. The molecule has 0 unspecified atom stereocenters. The standard InChI is InChI=1S/C31H32N4O5/c1-39-28-13-7-25(8-14-28)22-32(21-24-5-3-2-4-6-24)23-29-15-16-30(40-29)31(36)34-19-17-33(18-20-34)26-9-11-27(12-10-26)35(37)38/h2-16H,17-23H2,1H3. The number of furan rings is 1. The van der Waals surface area contributed by atoms with E-state index < -0.39 is 4.92 Å². The summed E-state index contributed by atoms with van der Waals surface area (Å²) in [6.45, 7) is 4.39. The van der Waals surface area contributed by atoms with Crippen molar-refractivity contribution in [1.82, 2.24) is 9.80 Å². The molecule has 1 aliphatic heterocycles. The number of rotatable bonds is 10. The molecule has 0 atom stereocenters. The number of hydrogen-bond acceptors (Lipinski definition) is 7. The molecule has 1 amide bonds. The maximum atomic E-state index is 13.2. The topological polar surface area (TPSA) is 92.3 Å². The zero-order valence-corrected chi connectivity index (χ0v) is 22.4. The number of non-ortho nitro benzene ring substituents is 1. The highest BCUT2D eigenvalue weighted by Crippen LogP contribution is 2.22. The highest BCUT2D eigenvalue weighted by atomic mass is 16.6. The minimum Gasteiger partial charge on any atom is -0.497 e. The number of carbonyl (C=O) groups is 1. The van der Waals surface area contributed by atoms with Crippen LogP contribution in [0, 0.1) is 10.1 Å². The number of benzene rings is 3. The van der Waals surface area contributed by atoms with Crippen LogP contribution in [0.2, 0.25) is 0 Å². The van der Waals surface area contributed by atoms with E-state index in [9.17, 15) is 14.9 Å². The quantitative estimate of drug-likeness (QED) is 0.197. The van der Waals surface area contributed by atoms with Crippen LogP contribution in [0.3, 0.4) is 0 Å². The molecule has 1 aliphatic rings. The average Bonchev–Trinajstić information content (AvgIpc) is 3.46. The SMILES string of the molecule is COc1ccc(CN(Cc2ccccc2)Cc2ccc(C(=O)N3CCN(c4ccc([N+](=O)[O-])cc4)CC3)o2)cc1. The number of carbonyl (C=O) groups excluding carboxylic acids is 1. The minimum atomic E-state index is -0.405. The largest absolute Gasteiger partial charge is 0.497 e. The van der Waals surface area contributed by atoms with Crippen LogP contribution in [0.1, 0.15) is 27.4 Å². The van der Waals surface area contributed by atoms with Gasteiger partial charge < -0.3 is 19.0 Å². The van der Waals surface area contributed by atoms with Crippen molar-refractivity contribution >= 4 is 17.3 Å². The van der Waals surface area contributed by atoms with Crippen LogP contribution < -0.4 is 9.64 Å². The van der Waals surface area contributed by atoms with Crippen molar-refractivity contribution in [3.63, 3.8) is 0 Å². The Morgan fingerprint density at radius 2 is 1.50 bits per heavy atom. The number of nitro groups is 1. The molecule has 40 heavy (non-hydrogen) atoms. The summed E-state index contributed by atoms with van der Waals surface area (Å²) in [4.78, 5) is 29.9. The predicted molar refractivity (Wildman–Crippen MR) is 152 cm³/mol. The van der Waals surface area contributed by atoms with Gasteiger partial charge in [-0.2, -0.15) is 0 Å². The Morgan fingerprint density at radius 1 is 0.850 bits per heavy atom. The van der Waals surface area contributed by atoms with E-state index in [4.69, 9.17) is 9.15 Å². The van der Waals surface area contributed by atoms with Gasteiger partial charge in [0.25, 0.3) is 11.6 Å². The molecule has 1 saturated heterocycles. The lowest BCUT2D eigenvalue weighted by atomic mass is 10.1. The lowest BCUT2D eigenvalue weighted by Crippen LogP contribution is -2.48. The fourth-order valence-corrected chi connectivity index (χ4v) is 4.91. The maximum absolute atomic E-state index is 13.2. The molecule has 4 aromatic rings. The summed E-state index contributed by atoms with van der Waals surface area (Å²) in [6.07, 6.45) is 0. The second-order valence-corrected chi connectivity index (χ2v) is 9.80. The molecular formula is C31H32N4O5. The van der Waals surface area contributed by atoms with E-state index in [0.717, 1.165) is 29.3 Å². The summed E-state index contributed by atoms with van der Waals surface area (Å²) >= 11 is 0. The Hall–Kier alpha value is -4.63. The third kappa shape index (κ3) is 6.68. The number of anilines is 1. The molecule has 206 valence electrons. The van der Waals surface area contributed by atoms with Crippen LogP contribution in [0.15, 0.2) is 95.4 Å². The molecule has 1 aromatic heterocycles. The molecular weight excluding hydrogens is 508 g/mol. The molecule has 2 heterocycles. The van der Waals surface area contributed by atoms with Gasteiger partial charge in [0.1, 0.15) is 11.5 Å². The molecule has 0 aliphatic carbocycles. The summed E-state index contributed by atoms with van der Waals surface area (Å²) in [6, 6.07) is 28.5. The third-order valence-electron chi connectivity index (χ3n) is 7.06. The van der Waals surface area contributed by atoms with Crippen LogP contribution in [0.5, 0.6) is 5.75 Å². The van der Waals surface area contributed by atoms with Crippen LogP contribution in [0.25, 0.3) is 0 Å². The van der Waals surface area contributed by atoms with Crippen molar-refractivity contribution in [3.05, 3.63) is 124 Å². The fourth-order valence-electron chi connectivity index (χ4n) is 4.91. The summed E-state index contributed by atoms with van der Waals surface area (Å²) in [5.41, 5.74) is 3.33. The molecule has 0 spiro atoms. The van der Waals surface area contributed by atoms with Crippen molar-refractivity contribution < 1.29 is 18.9 Å². The van der Waals surface area contributed by atoms with E-state index in [2.05, 4.69) is 34.1 Å². The number of nitro benzene ring substituents is 1. The Kier molecular flexibility index (Phi) is 8.41.